The van der Waals surface area contributed by atoms with E-state index >= 15 is 0 Å². The lowest BCUT2D eigenvalue weighted by Crippen LogP contribution is -2.40. The summed E-state index contributed by atoms with van der Waals surface area (Å²) in [7, 11) is 2.05. The van der Waals surface area contributed by atoms with Crippen LogP contribution in [0.15, 0.2) is 30.3 Å². The summed E-state index contributed by atoms with van der Waals surface area (Å²) in [5, 5.41) is 20.4. The van der Waals surface area contributed by atoms with Crippen molar-refractivity contribution in [2.24, 2.45) is 5.92 Å². The molecule has 1 saturated heterocycles. The van der Waals surface area contributed by atoms with E-state index < -0.39 is 4.92 Å². The van der Waals surface area contributed by atoms with E-state index in [0.29, 0.717) is 11.7 Å². The van der Waals surface area contributed by atoms with Crippen LogP contribution in [0.3, 0.4) is 0 Å². The molecule has 1 N–H and O–H groups in total. The maximum absolute atomic E-state index is 10.9. The summed E-state index contributed by atoms with van der Waals surface area (Å²) in [6, 6.07) is 8.30. The zero-order valence-electron chi connectivity index (χ0n) is 17.3. The van der Waals surface area contributed by atoms with Gasteiger partial charge in [0.25, 0.3) is 5.69 Å². The molecule has 156 valence electrons. The maximum atomic E-state index is 10.9. The van der Waals surface area contributed by atoms with Crippen LogP contribution in [0.5, 0.6) is 0 Å². The van der Waals surface area contributed by atoms with Crippen molar-refractivity contribution in [1.29, 1.82) is 0 Å². The summed E-state index contributed by atoms with van der Waals surface area (Å²) in [5.74, 6) is 2.02. The van der Waals surface area contributed by atoms with Gasteiger partial charge in [0, 0.05) is 49.6 Å². The molecule has 1 aliphatic heterocycles. The molecule has 1 unspecified atom stereocenters. The lowest BCUT2D eigenvalue weighted by molar-refractivity contribution is -0.384. The Balaban J connectivity index is 1.67. The molecular formula is C21H29N5O3. The van der Waals surface area contributed by atoms with E-state index in [1.54, 1.807) is 12.1 Å². The van der Waals surface area contributed by atoms with Gasteiger partial charge in [-0.15, -0.1) is 0 Å². The lowest BCUT2D eigenvalue weighted by Gasteiger charge is -2.34. The Morgan fingerprint density at radius 2 is 1.93 bits per heavy atom. The number of β-amino-alcohol motifs (C(OH)–C–C–N with tert-alkyl or cyclic N) is 1. The summed E-state index contributed by atoms with van der Waals surface area (Å²) in [6.45, 7) is 7.45. The van der Waals surface area contributed by atoms with Crippen molar-refractivity contribution in [2.75, 3.05) is 38.1 Å². The fourth-order valence-corrected chi connectivity index (χ4v) is 3.81. The van der Waals surface area contributed by atoms with Gasteiger partial charge < -0.3 is 14.9 Å². The molecule has 8 nitrogen and oxygen atoms in total. The van der Waals surface area contributed by atoms with Crippen LogP contribution in [-0.4, -0.2) is 64.2 Å². The quantitative estimate of drug-likeness (QED) is 0.565. The van der Waals surface area contributed by atoms with Gasteiger partial charge >= 0.3 is 0 Å². The third-order valence-electron chi connectivity index (χ3n) is 5.33. The molecule has 0 amide bonds. The number of aryl methyl sites for hydroxylation is 1. The molecule has 1 aromatic heterocycles. The second-order valence-electron chi connectivity index (χ2n) is 7.97. The second kappa shape index (κ2) is 9.28. The summed E-state index contributed by atoms with van der Waals surface area (Å²) in [4.78, 5) is 24.1. The van der Waals surface area contributed by atoms with Crippen LogP contribution in [0, 0.1) is 23.0 Å². The number of anilines is 1. The average molecular weight is 399 g/mol. The minimum atomic E-state index is -0.410. The Labute approximate surface area is 171 Å². The molecule has 0 spiro atoms. The predicted molar refractivity (Wildman–Crippen MR) is 113 cm³/mol. The number of hydrogen-bond donors (Lipinski definition) is 1. The number of nitrogens with zero attached hydrogens (tertiary/aromatic N) is 5. The molecule has 1 aromatic carbocycles. The Morgan fingerprint density at radius 1 is 1.28 bits per heavy atom. The van der Waals surface area contributed by atoms with Crippen molar-refractivity contribution in [3.8, 4) is 11.4 Å². The molecule has 2 aromatic rings. The van der Waals surface area contributed by atoms with Gasteiger partial charge in [-0.25, -0.2) is 9.97 Å². The number of aromatic nitrogens is 2. The topological polar surface area (TPSA) is 95.6 Å². The Hall–Kier alpha value is -2.58. The van der Waals surface area contributed by atoms with E-state index in [9.17, 15) is 15.2 Å². The first-order valence-corrected chi connectivity index (χ1v) is 10.0. The summed E-state index contributed by atoms with van der Waals surface area (Å²) < 4.78 is 0. The minimum Gasteiger partial charge on any atom is -0.392 e. The van der Waals surface area contributed by atoms with Crippen molar-refractivity contribution < 1.29 is 10.0 Å². The molecular weight excluding hydrogens is 370 g/mol. The van der Waals surface area contributed by atoms with E-state index in [2.05, 4.69) is 14.8 Å². The summed E-state index contributed by atoms with van der Waals surface area (Å²) in [6.07, 6.45) is 1.93. The number of piperidine rings is 1. The highest BCUT2D eigenvalue weighted by molar-refractivity contribution is 5.59. The minimum absolute atomic E-state index is 0.0562. The highest BCUT2D eigenvalue weighted by atomic mass is 16.6. The molecule has 8 heteroatoms. The van der Waals surface area contributed by atoms with Gasteiger partial charge in [-0.3, -0.25) is 10.1 Å². The number of nitro groups is 1. The number of benzene rings is 1. The standard InChI is InChI=1S/C21H29N5O3/c1-15-12-20(23-21(22-15)18-4-6-19(7-5-18)26(28)29)24(3)14-17-8-10-25(11-9-17)13-16(2)27/h4-7,12,16-17,27H,8-11,13-14H2,1-3H3. The molecule has 0 bridgehead atoms. The average Bonchev–Trinajstić information content (AvgIpc) is 2.68. The van der Waals surface area contributed by atoms with Crippen molar-refractivity contribution >= 4 is 11.5 Å². The van der Waals surface area contributed by atoms with Crippen molar-refractivity contribution in [3.05, 3.63) is 46.1 Å². The molecule has 1 aliphatic rings. The molecule has 1 atom stereocenters. The van der Waals surface area contributed by atoms with Gasteiger partial charge in [0.05, 0.1) is 11.0 Å². The molecule has 29 heavy (non-hydrogen) atoms. The maximum Gasteiger partial charge on any atom is 0.269 e. The number of non-ortho nitro benzene ring substituents is 1. The van der Waals surface area contributed by atoms with Crippen LogP contribution in [0.4, 0.5) is 11.5 Å². The van der Waals surface area contributed by atoms with Crippen LogP contribution in [0.25, 0.3) is 11.4 Å². The van der Waals surface area contributed by atoms with E-state index in [4.69, 9.17) is 4.98 Å². The monoisotopic (exact) mass is 399 g/mol. The van der Waals surface area contributed by atoms with Gasteiger partial charge in [0.15, 0.2) is 5.82 Å². The number of likely N-dealkylation sites (tertiary alicyclic amines) is 1. The number of hydrogen-bond acceptors (Lipinski definition) is 7. The number of aliphatic hydroxyl groups is 1. The fraction of sp³-hybridized carbons (Fsp3) is 0.524. The summed E-state index contributed by atoms with van der Waals surface area (Å²) >= 11 is 0. The predicted octanol–water partition coefficient (Wildman–Crippen LogP) is 2.89. The van der Waals surface area contributed by atoms with Crippen LogP contribution < -0.4 is 4.90 Å². The smallest absolute Gasteiger partial charge is 0.269 e. The zero-order valence-corrected chi connectivity index (χ0v) is 17.3. The normalized spacial score (nSPS) is 16.6. The number of rotatable bonds is 7. The third-order valence-corrected chi connectivity index (χ3v) is 5.33. The molecule has 0 radical (unpaired) electrons. The molecule has 0 aliphatic carbocycles. The van der Waals surface area contributed by atoms with E-state index in [1.165, 1.54) is 12.1 Å². The van der Waals surface area contributed by atoms with Gasteiger partial charge in [-0.2, -0.15) is 0 Å². The number of nitro benzene ring substituents is 1. The van der Waals surface area contributed by atoms with E-state index in [0.717, 1.165) is 56.1 Å². The Bertz CT molecular complexity index is 833. The Kier molecular flexibility index (Phi) is 6.76. The highest BCUT2D eigenvalue weighted by Crippen LogP contribution is 2.24. The first kappa shape index (κ1) is 21.1. The first-order valence-electron chi connectivity index (χ1n) is 10.0. The SMILES string of the molecule is Cc1cc(N(C)CC2CCN(CC(C)O)CC2)nc(-c2ccc([N+](=O)[O-])cc2)n1. The molecule has 1 fully saturated rings. The highest BCUT2D eigenvalue weighted by Gasteiger charge is 2.22. The van der Waals surface area contributed by atoms with Crippen LogP contribution in [0.1, 0.15) is 25.5 Å². The lowest BCUT2D eigenvalue weighted by atomic mass is 9.96. The zero-order chi connectivity index (χ0) is 21.0. The van der Waals surface area contributed by atoms with Crippen LogP contribution in [-0.2, 0) is 0 Å². The largest absolute Gasteiger partial charge is 0.392 e. The number of aliphatic hydroxyl groups excluding tert-OH is 1. The van der Waals surface area contributed by atoms with Gasteiger partial charge in [-0.05, 0) is 57.8 Å². The molecule has 2 heterocycles. The van der Waals surface area contributed by atoms with Gasteiger partial charge in [0.2, 0.25) is 0 Å². The molecule has 0 saturated carbocycles. The third kappa shape index (κ3) is 5.71. The Morgan fingerprint density at radius 3 is 2.52 bits per heavy atom. The second-order valence-corrected chi connectivity index (χ2v) is 7.97. The first-order chi connectivity index (χ1) is 13.8. The van der Waals surface area contributed by atoms with Gasteiger partial charge in [0.1, 0.15) is 5.82 Å². The molecule has 3 rings (SSSR count). The summed E-state index contributed by atoms with van der Waals surface area (Å²) in [5.41, 5.74) is 1.68. The van der Waals surface area contributed by atoms with Crippen molar-refractivity contribution in [1.82, 2.24) is 14.9 Å². The van der Waals surface area contributed by atoms with Crippen LogP contribution in [0.2, 0.25) is 0 Å². The van der Waals surface area contributed by atoms with Crippen LogP contribution >= 0.6 is 0 Å². The van der Waals surface area contributed by atoms with Gasteiger partial charge in [-0.1, -0.05) is 0 Å². The van der Waals surface area contributed by atoms with Crippen molar-refractivity contribution in [3.63, 3.8) is 0 Å². The van der Waals surface area contributed by atoms with Crippen molar-refractivity contribution in [2.45, 2.75) is 32.8 Å². The van der Waals surface area contributed by atoms with E-state index in [1.807, 2.05) is 27.0 Å². The fourth-order valence-electron chi connectivity index (χ4n) is 3.81. The van der Waals surface area contributed by atoms with E-state index in [-0.39, 0.29) is 11.8 Å².